The topological polar surface area (TPSA) is 29.5 Å². The van der Waals surface area contributed by atoms with E-state index in [1.807, 2.05) is 25.1 Å². The summed E-state index contributed by atoms with van der Waals surface area (Å²) in [6, 6.07) is 10.6. The van der Waals surface area contributed by atoms with Gasteiger partial charge in [-0.3, -0.25) is 4.79 Å². The Morgan fingerprint density at radius 3 is 2.60 bits per heavy atom. The lowest BCUT2D eigenvalue weighted by atomic mass is 9.73. The second-order valence-corrected chi connectivity index (χ2v) is 5.84. The van der Waals surface area contributed by atoms with Crippen LogP contribution in [0, 0.1) is 5.92 Å². The first-order valence-corrected chi connectivity index (χ1v) is 7.49. The number of ether oxygens (including phenoxy) is 1. The molecule has 3 nitrogen and oxygen atoms in total. The maximum atomic E-state index is 12.0. The molecule has 1 aliphatic rings. The summed E-state index contributed by atoms with van der Waals surface area (Å²) in [6.07, 6.45) is 1.27. The van der Waals surface area contributed by atoms with Crippen LogP contribution in [0.1, 0.15) is 39.2 Å². The lowest BCUT2D eigenvalue weighted by Gasteiger charge is -2.49. The smallest absolute Gasteiger partial charge is 0.306 e. The summed E-state index contributed by atoms with van der Waals surface area (Å²) >= 11 is 0. The average Bonchev–Trinajstić information content (AvgIpc) is 2.49. The van der Waals surface area contributed by atoms with Crippen molar-refractivity contribution in [3.63, 3.8) is 0 Å². The first kappa shape index (κ1) is 15.0. The molecule has 1 heterocycles. The molecule has 0 unspecified atom stereocenters. The van der Waals surface area contributed by atoms with Crippen LogP contribution in [0.15, 0.2) is 30.3 Å². The van der Waals surface area contributed by atoms with Gasteiger partial charge in [-0.05, 0) is 19.5 Å². The summed E-state index contributed by atoms with van der Waals surface area (Å²) < 4.78 is 5.98. The fraction of sp³-hybridized carbons (Fsp3) is 0.588. The molecule has 0 aromatic heterocycles. The zero-order valence-corrected chi connectivity index (χ0v) is 12.9. The third kappa shape index (κ3) is 2.59. The second kappa shape index (κ2) is 5.96. The van der Waals surface area contributed by atoms with E-state index in [-0.39, 0.29) is 11.9 Å². The van der Waals surface area contributed by atoms with Crippen molar-refractivity contribution in [1.82, 2.24) is 4.90 Å². The van der Waals surface area contributed by atoms with E-state index < -0.39 is 5.60 Å². The molecule has 0 N–H and O–H groups in total. The third-order valence-corrected chi connectivity index (χ3v) is 4.84. The monoisotopic (exact) mass is 275 g/mol. The fourth-order valence-corrected chi connectivity index (χ4v) is 3.15. The molecule has 0 radical (unpaired) electrons. The molecule has 20 heavy (non-hydrogen) atoms. The molecule has 1 aliphatic heterocycles. The van der Waals surface area contributed by atoms with Gasteiger partial charge >= 0.3 is 5.97 Å². The number of hydrogen-bond acceptors (Lipinski definition) is 3. The largest absolute Gasteiger partial charge is 0.454 e. The molecule has 1 aromatic carbocycles. The summed E-state index contributed by atoms with van der Waals surface area (Å²) in [7, 11) is 2.14. The second-order valence-electron chi connectivity index (χ2n) is 5.84. The minimum atomic E-state index is -0.486. The SMILES string of the molecule is CCC(=O)O[C@]1(c2ccccc2)CCN(C)[C@@H](C)[C@H]1C. The maximum absolute atomic E-state index is 12.0. The van der Waals surface area contributed by atoms with Crippen molar-refractivity contribution >= 4 is 5.97 Å². The highest BCUT2D eigenvalue weighted by Crippen LogP contribution is 2.43. The highest BCUT2D eigenvalue weighted by atomic mass is 16.6. The van der Waals surface area contributed by atoms with E-state index >= 15 is 0 Å². The first-order valence-electron chi connectivity index (χ1n) is 7.49. The number of likely N-dealkylation sites (tertiary alicyclic amines) is 1. The molecule has 2 rings (SSSR count). The third-order valence-electron chi connectivity index (χ3n) is 4.84. The highest BCUT2D eigenvalue weighted by molar-refractivity contribution is 5.69. The predicted octanol–water partition coefficient (Wildman–Crippen LogP) is 3.20. The normalized spacial score (nSPS) is 31.0. The number of carbonyl (C=O) groups is 1. The van der Waals surface area contributed by atoms with Crippen LogP contribution in [0.25, 0.3) is 0 Å². The standard InChI is InChI=1S/C17H25NO2/c1-5-16(19)20-17(15-9-7-6-8-10-15)11-12-18(4)14(3)13(17)2/h6-10,13-14H,5,11-12H2,1-4H3/t13-,14+,17-/m1/s1. The van der Waals surface area contributed by atoms with Crippen LogP contribution in [0.2, 0.25) is 0 Å². The lowest BCUT2D eigenvalue weighted by Crippen LogP contribution is -2.54. The van der Waals surface area contributed by atoms with E-state index in [0.29, 0.717) is 12.5 Å². The summed E-state index contributed by atoms with van der Waals surface area (Å²) in [5.74, 6) is 0.150. The molecule has 1 aromatic rings. The van der Waals surface area contributed by atoms with Crippen molar-refractivity contribution in [2.24, 2.45) is 5.92 Å². The van der Waals surface area contributed by atoms with Crippen molar-refractivity contribution in [2.45, 2.75) is 45.3 Å². The quantitative estimate of drug-likeness (QED) is 0.793. The van der Waals surface area contributed by atoms with Gasteiger partial charge in [0.2, 0.25) is 0 Å². The van der Waals surface area contributed by atoms with Gasteiger partial charge in [-0.2, -0.15) is 0 Å². The van der Waals surface area contributed by atoms with Gasteiger partial charge in [0.25, 0.3) is 0 Å². The zero-order valence-electron chi connectivity index (χ0n) is 12.9. The van der Waals surface area contributed by atoms with Crippen molar-refractivity contribution in [3.8, 4) is 0 Å². The van der Waals surface area contributed by atoms with Crippen LogP contribution < -0.4 is 0 Å². The van der Waals surface area contributed by atoms with Crippen LogP contribution in [-0.4, -0.2) is 30.5 Å². The molecular weight excluding hydrogens is 250 g/mol. The van der Waals surface area contributed by atoms with E-state index in [1.165, 1.54) is 0 Å². The van der Waals surface area contributed by atoms with Gasteiger partial charge in [0.1, 0.15) is 5.60 Å². The molecule has 0 spiro atoms. The molecule has 3 atom stereocenters. The van der Waals surface area contributed by atoms with Crippen LogP contribution in [0.4, 0.5) is 0 Å². The zero-order chi connectivity index (χ0) is 14.8. The Hall–Kier alpha value is -1.35. The first-order chi connectivity index (χ1) is 9.51. The number of esters is 1. The summed E-state index contributed by atoms with van der Waals surface area (Å²) in [4.78, 5) is 14.3. The Bertz CT molecular complexity index is 459. The Labute approximate surface area is 121 Å². The summed E-state index contributed by atoms with van der Waals surface area (Å²) in [5, 5.41) is 0. The molecule has 3 heteroatoms. The van der Waals surface area contributed by atoms with E-state index in [0.717, 1.165) is 18.5 Å². The van der Waals surface area contributed by atoms with Gasteiger partial charge < -0.3 is 9.64 Å². The van der Waals surface area contributed by atoms with Gasteiger partial charge in [-0.1, -0.05) is 44.2 Å². The molecule has 0 aliphatic carbocycles. The van der Waals surface area contributed by atoms with Gasteiger partial charge in [-0.25, -0.2) is 0 Å². The van der Waals surface area contributed by atoms with Crippen molar-refractivity contribution < 1.29 is 9.53 Å². The van der Waals surface area contributed by atoms with Crippen LogP contribution >= 0.6 is 0 Å². The van der Waals surface area contributed by atoms with Crippen molar-refractivity contribution in [2.75, 3.05) is 13.6 Å². The van der Waals surface area contributed by atoms with Crippen LogP contribution in [0.5, 0.6) is 0 Å². The molecule has 110 valence electrons. The van der Waals surface area contributed by atoms with E-state index in [1.54, 1.807) is 0 Å². The van der Waals surface area contributed by atoms with E-state index in [4.69, 9.17) is 4.74 Å². The number of nitrogens with zero attached hydrogens (tertiary/aromatic N) is 1. The minimum Gasteiger partial charge on any atom is -0.454 e. The highest BCUT2D eigenvalue weighted by Gasteiger charge is 2.47. The molecule has 0 saturated carbocycles. The fourth-order valence-electron chi connectivity index (χ4n) is 3.15. The van der Waals surface area contributed by atoms with Crippen molar-refractivity contribution in [1.29, 1.82) is 0 Å². The van der Waals surface area contributed by atoms with Gasteiger partial charge in [0.05, 0.1) is 0 Å². The van der Waals surface area contributed by atoms with E-state index in [9.17, 15) is 4.79 Å². The molecule has 1 saturated heterocycles. The molecule has 0 amide bonds. The van der Waals surface area contributed by atoms with Gasteiger partial charge in [-0.15, -0.1) is 0 Å². The minimum absolute atomic E-state index is 0.113. The molecular formula is C17H25NO2. The van der Waals surface area contributed by atoms with Crippen LogP contribution in [-0.2, 0) is 15.1 Å². The Morgan fingerprint density at radius 2 is 2.00 bits per heavy atom. The van der Waals surface area contributed by atoms with Crippen LogP contribution in [0.3, 0.4) is 0 Å². The molecule has 1 fully saturated rings. The average molecular weight is 275 g/mol. The Balaban J connectivity index is 2.42. The maximum Gasteiger partial charge on any atom is 0.306 e. The van der Waals surface area contributed by atoms with E-state index in [2.05, 4.69) is 37.9 Å². The Kier molecular flexibility index (Phi) is 4.48. The number of rotatable bonds is 3. The summed E-state index contributed by atoms with van der Waals surface area (Å²) in [5.41, 5.74) is 0.634. The Morgan fingerprint density at radius 1 is 1.35 bits per heavy atom. The summed E-state index contributed by atoms with van der Waals surface area (Å²) in [6.45, 7) is 7.19. The number of benzene rings is 1. The van der Waals surface area contributed by atoms with Gasteiger partial charge in [0, 0.05) is 31.3 Å². The van der Waals surface area contributed by atoms with Crippen molar-refractivity contribution in [3.05, 3.63) is 35.9 Å². The number of piperidine rings is 1. The predicted molar refractivity (Wildman–Crippen MR) is 80.4 cm³/mol. The number of carbonyl (C=O) groups excluding carboxylic acids is 1. The molecule has 0 bridgehead atoms. The number of hydrogen-bond donors (Lipinski definition) is 0. The van der Waals surface area contributed by atoms with Gasteiger partial charge in [0.15, 0.2) is 0 Å². The lowest BCUT2D eigenvalue weighted by molar-refractivity contribution is -0.178.